The molecule has 0 radical (unpaired) electrons. The Morgan fingerprint density at radius 1 is 1.10 bits per heavy atom. The Hall–Kier alpha value is -2.74. The van der Waals surface area contributed by atoms with Crippen LogP contribution >= 0.6 is 11.6 Å². The molecule has 102 valence electrons. The molecule has 1 aromatic heterocycles. The maximum Gasteiger partial charge on any atom is 0.372 e. The Balaban J connectivity index is 2.51. The topological polar surface area (TPSA) is 111 Å². The highest BCUT2D eigenvalue weighted by atomic mass is 35.5. The van der Waals surface area contributed by atoms with Gasteiger partial charge in [0.1, 0.15) is 6.07 Å². The first-order valence-electron chi connectivity index (χ1n) is 5.30. The summed E-state index contributed by atoms with van der Waals surface area (Å²) in [5.74, 6) is -0.793. The monoisotopic (exact) mass is 294 g/mol. The van der Waals surface area contributed by atoms with Gasteiger partial charge < -0.3 is 15.4 Å². The van der Waals surface area contributed by atoms with Crippen LogP contribution in [0, 0.1) is 20.2 Å². The van der Waals surface area contributed by atoms with Gasteiger partial charge in [-0.3, -0.25) is 10.1 Å². The third-order valence-electron chi connectivity index (χ3n) is 2.35. The maximum atomic E-state index is 10.8. The maximum absolute atomic E-state index is 10.8. The summed E-state index contributed by atoms with van der Waals surface area (Å²) in [6, 6.07) is 9.28. The smallest absolute Gasteiger partial charge is 0.358 e. The van der Waals surface area contributed by atoms with E-state index in [0.29, 0.717) is 5.69 Å². The molecular weight excluding hydrogens is 288 g/mol. The molecule has 0 unspecified atom stereocenters. The van der Waals surface area contributed by atoms with Gasteiger partial charge in [-0.05, 0) is 22.0 Å². The molecule has 8 nitrogen and oxygen atoms in total. The van der Waals surface area contributed by atoms with Crippen LogP contribution in [0.4, 0.5) is 23.0 Å². The van der Waals surface area contributed by atoms with Crippen LogP contribution in [0.1, 0.15) is 0 Å². The van der Waals surface area contributed by atoms with Crippen molar-refractivity contribution in [2.24, 2.45) is 0 Å². The molecule has 20 heavy (non-hydrogen) atoms. The first-order chi connectivity index (χ1) is 9.49. The fourth-order valence-electron chi connectivity index (χ4n) is 1.47. The Bertz CT molecular complexity index is 678. The SMILES string of the molecule is O=[N+]([O-])c1cc([N+](=O)[O-])c(Cl)c(Nc2ccccc2)n1. The van der Waals surface area contributed by atoms with Crippen molar-refractivity contribution in [2.45, 2.75) is 0 Å². The van der Waals surface area contributed by atoms with Crippen LogP contribution in [0.15, 0.2) is 36.4 Å². The zero-order valence-electron chi connectivity index (χ0n) is 9.82. The van der Waals surface area contributed by atoms with Crippen molar-refractivity contribution in [3.63, 3.8) is 0 Å². The zero-order valence-corrected chi connectivity index (χ0v) is 10.6. The zero-order chi connectivity index (χ0) is 14.7. The van der Waals surface area contributed by atoms with Gasteiger partial charge in [0.25, 0.3) is 5.82 Å². The number of rotatable bonds is 4. The summed E-state index contributed by atoms with van der Waals surface area (Å²) in [6.07, 6.45) is 0. The van der Waals surface area contributed by atoms with Crippen molar-refractivity contribution < 1.29 is 9.85 Å². The lowest BCUT2D eigenvalue weighted by Crippen LogP contribution is -2.02. The van der Waals surface area contributed by atoms with Crippen LogP contribution in [-0.2, 0) is 0 Å². The molecule has 1 heterocycles. The first kappa shape index (κ1) is 13.7. The molecule has 1 N–H and O–H groups in total. The van der Waals surface area contributed by atoms with Crippen molar-refractivity contribution in [3.05, 3.63) is 61.6 Å². The minimum absolute atomic E-state index is 0.140. The van der Waals surface area contributed by atoms with Gasteiger partial charge in [0, 0.05) is 5.69 Å². The van der Waals surface area contributed by atoms with E-state index in [1.807, 2.05) is 0 Å². The second-order valence-electron chi connectivity index (χ2n) is 3.67. The molecule has 0 aliphatic heterocycles. The highest BCUT2D eigenvalue weighted by Crippen LogP contribution is 2.34. The van der Waals surface area contributed by atoms with Crippen LogP contribution in [0.3, 0.4) is 0 Å². The van der Waals surface area contributed by atoms with Crippen molar-refractivity contribution in [3.8, 4) is 0 Å². The molecule has 0 spiro atoms. The number of pyridine rings is 1. The number of halogens is 1. The van der Waals surface area contributed by atoms with Crippen molar-refractivity contribution in [2.75, 3.05) is 5.32 Å². The van der Waals surface area contributed by atoms with Gasteiger partial charge in [-0.1, -0.05) is 29.8 Å². The summed E-state index contributed by atoms with van der Waals surface area (Å²) < 4.78 is 0. The molecule has 0 saturated carbocycles. The van der Waals surface area contributed by atoms with Crippen molar-refractivity contribution in [1.29, 1.82) is 0 Å². The van der Waals surface area contributed by atoms with Crippen LogP contribution in [0.2, 0.25) is 5.02 Å². The number of nitrogens with zero attached hydrogens (tertiary/aromatic N) is 3. The molecule has 0 atom stereocenters. The average Bonchev–Trinajstić information content (AvgIpc) is 2.41. The fraction of sp³-hybridized carbons (Fsp3) is 0. The number of nitro groups is 2. The van der Waals surface area contributed by atoms with Gasteiger partial charge in [-0.25, -0.2) is 0 Å². The lowest BCUT2D eigenvalue weighted by Gasteiger charge is -2.04. The molecule has 2 aromatic rings. The summed E-state index contributed by atoms with van der Waals surface area (Å²) in [6.45, 7) is 0. The van der Waals surface area contributed by atoms with Crippen LogP contribution < -0.4 is 5.32 Å². The molecule has 0 fully saturated rings. The number of aromatic nitrogens is 1. The molecule has 1 aromatic carbocycles. The number of para-hydroxylation sites is 1. The number of hydrogen-bond donors (Lipinski definition) is 1. The first-order valence-corrected chi connectivity index (χ1v) is 5.68. The number of nitrogens with one attached hydrogen (secondary N) is 1. The van der Waals surface area contributed by atoms with E-state index in [-0.39, 0.29) is 10.8 Å². The number of hydrogen-bond acceptors (Lipinski definition) is 6. The molecule has 0 bridgehead atoms. The third-order valence-corrected chi connectivity index (χ3v) is 2.72. The van der Waals surface area contributed by atoms with Crippen molar-refractivity contribution >= 4 is 34.6 Å². The summed E-state index contributed by atoms with van der Waals surface area (Å²) in [7, 11) is 0. The summed E-state index contributed by atoms with van der Waals surface area (Å²) in [5, 5.41) is 24.0. The summed E-state index contributed by atoms with van der Waals surface area (Å²) >= 11 is 5.84. The molecule has 0 amide bonds. The Morgan fingerprint density at radius 2 is 1.75 bits per heavy atom. The Labute approximate surface area is 117 Å². The number of anilines is 2. The second kappa shape index (κ2) is 5.49. The summed E-state index contributed by atoms with van der Waals surface area (Å²) in [5.41, 5.74) is -0.0245. The van der Waals surface area contributed by atoms with E-state index in [1.165, 1.54) is 0 Å². The van der Waals surface area contributed by atoms with Gasteiger partial charge in [0.05, 0.1) is 4.92 Å². The van der Waals surface area contributed by atoms with Gasteiger partial charge in [0.2, 0.25) is 0 Å². The minimum atomic E-state index is -0.820. The quantitative estimate of drug-likeness (QED) is 0.684. The predicted octanol–water partition coefficient (Wildman–Crippen LogP) is 3.30. The highest BCUT2D eigenvalue weighted by molar-refractivity contribution is 6.35. The van der Waals surface area contributed by atoms with Crippen LogP contribution in [-0.4, -0.2) is 14.8 Å². The fourth-order valence-corrected chi connectivity index (χ4v) is 1.68. The van der Waals surface area contributed by atoms with Gasteiger partial charge in [-0.2, -0.15) is 0 Å². The van der Waals surface area contributed by atoms with E-state index in [0.717, 1.165) is 6.07 Å². The minimum Gasteiger partial charge on any atom is -0.358 e. The molecule has 2 rings (SSSR count). The molecular formula is C11H7ClN4O4. The molecule has 0 aliphatic rings. The normalized spacial score (nSPS) is 10.1. The molecule has 0 aliphatic carbocycles. The highest BCUT2D eigenvalue weighted by Gasteiger charge is 2.26. The van der Waals surface area contributed by atoms with Crippen molar-refractivity contribution in [1.82, 2.24) is 4.98 Å². The Kier molecular flexibility index (Phi) is 3.76. The lowest BCUT2D eigenvalue weighted by atomic mass is 10.3. The Morgan fingerprint density at radius 3 is 2.30 bits per heavy atom. The molecule has 9 heteroatoms. The van der Waals surface area contributed by atoms with Gasteiger partial charge >= 0.3 is 11.5 Å². The third kappa shape index (κ3) is 2.81. The van der Waals surface area contributed by atoms with E-state index in [9.17, 15) is 20.2 Å². The van der Waals surface area contributed by atoms with Crippen LogP contribution in [0.5, 0.6) is 0 Å². The van der Waals surface area contributed by atoms with Gasteiger partial charge in [0.15, 0.2) is 5.02 Å². The van der Waals surface area contributed by atoms with Gasteiger partial charge in [-0.15, -0.1) is 0 Å². The summed E-state index contributed by atoms with van der Waals surface area (Å²) in [4.78, 5) is 23.6. The second-order valence-corrected chi connectivity index (χ2v) is 4.05. The van der Waals surface area contributed by atoms with E-state index < -0.39 is 21.4 Å². The van der Waals surface area contributed by atoms with Crippen LogP contribution in [0.25, 0.3) is 0 Å². The average molecular weight is 295 g/mol. The lowest BCUT2D eigenvalue weighted by molar-refractivity contribution is -0.396. The van der Waals surface area contributed by atoms with E-state index in [4.69, 9.17) is 11.6 Å². The van der Waals surface area contributed by atoms with E-state index in [2.05, 4.69) is 10.3 Å². The predicted molar refractivity (Wildman–Crippen MR) is 72.3 cm³/mol. The standard InChI is InChI=1S/C11H7ClN4O4/c12-10-8(15(17)18)6-9(16(19)20)14-11(10)13-7-4-2-1-3-5-7/h1-6H,(H,13,14). The molecule has 0 saturated heterocycles. The largest absolute Gasteiger partial charge is 0.372 e. The van der Waals surface area contributed by atoms with E-state index in [1.54, 1.807) is 30.3 Å². The van der Waals surface area contributed by atoms with E-state index >= 15 is 0 Å². The number of benzene rings is 1.